The Morgan fingerprint density at radius 3 is 2.62 bits per heavy atom. The lowest BCUT2D eigenvalue weighted by atomic mass is 10.0. The van der Waals surface area contributed by atoms with Gasteiger partial charge in [-0.15, -0.1) is 0 Å². The first-order valence-electron chi connectivity index (χ1n) is 11.6. The highest BCUT2D eigenvalue weighted by molar-refractivity contribution is 8.26. The Bertz CT molecular complexity index is 1220. The van der Waals surface area contributed by atoms with Crippen LogP contribution in [0.1, 0.15) is 12.0 Å². The second kappa shape index (κ2) is 12.6. The number of ether oxygens (including phenoxy) is 2. The largest absolute Gasteiger partial charge is 0.492 e. The van der Waals surface area contributed by atoms with Crippen LogP contribution in [-0.2, 0) is 14.3 Å². The summed E-state index contributed by atoms with van der Waals surface area (Å²) in [5, 5.41) is 9.99. The Morgan fingerprint density at radius 1 is 1.16 bits per heavy atom. The molecule has 2 N–H and O–H groups in total. The van der Waals surface area contributed by atoms with E-state index in [1.54, 1.807) is 24.3 Å². The number of hydrogen-bond donors (Lipinski definition) is 2. The minimum Gasteiger partial charge on any atom is -0.492 e. The van der Waals surface area contributed by atoms with Crippen molar-refractivity contribution in [3.63, 3.8) is 0 Å². The van der Waals surface area contributed by atoms with Gasteiger partial charge in [0.05, 0.1) is 24.5 Å². The first-order chi connectivity index (χ1) is 17.8. The number of halogens is 2. The molecule has 0 radical (unpaired) electrons. The molecule has 12 heteroatoms. The van der Waals surface area contributed by atoms with Crippen molar-refractivity contribution in [2.75, 3.05) is 46.0 Å². The molecule has 2 fully saturated rings. The van der Waals surface area contributed by atoms with Crippen molar-refractivity contribution in [2.45, 2.75) is 6.42 Å². The number of hydrogen-bond acceptors (Lipinski definition) is 8. The number of nitrogens with one attached hydrogen (secondary N) is 1. The van der Waals surface area contributed by atoms with Crippen LogP contribution < -0.4 is 10.2 Å². The minimum atomic E-state index is -0.999. The summed E-state index contributed by atoms with van der Waals surface area (Å²) in [7, 11) is 0. The van der Waals surface area contributed by atoms with Gasteiger partial charge in [0.2, 0.25) is 0 Å². The molecule has 2 heterocycles. The molecule has 2 aliphatic rings. The van der Waals surface area contributed by atoms with Crippen molar-refractivity contribution in [1.29, 1.82) is 0 Å². The molecule has 2 aromatic rings. The molecule has 0 atom stereocenters. The van der Waals surface area contributed by atoms with Gasteiger partial charge in [-0.2, -0.15) is 0 Å². The maximum atomic E-state index is 13.9. The standard InChI is InChI=1S/C25H25F2N3O5S2/c26-19-3-1-17(14-20(19)27)16-2-4-21(35-12-9-29-7-10-34-11-8-29)18(13-16)15-22-24(33)30(25(36)37-22)28-6-5-23(31)32/h1-4,13-15,28H,5-12H2,(H,31,32). The Labute approximate surface area is 222 Å². The summed E-state index contributed by atoms with van der Waals surface area (Å²) in [5.41, 5.74) is 4.38. The zero-order valence-electron chi connectivity index (χ0n) is 19.7. The average Bonchev–Trinajstić information content (AvgIpc) is 3.14. The van der Waals surface area contributed by atoms with Crippen LogP contribution >= 0.6 is 24.0 Å². The summed E-state index contributed by atoms with van der Waals surface area (Å²) in [5.74, 6) is -2.80. The molecular formula is C25H25F2N3O5S2. The highest BCUT2D eigenvalue weighted by atomic mass is 32.2. The van der Waals surface area contributed by atoms with Crippen LogP contribution in [0.4, 0.5) is 8.78 Å². The zero-order chi connectivity index (χ0) is 26.4. The quantitative estimate of drug-likeness (QED) is 0.341. The number of aliphatic carboxylic acids is 1. The lowest BCUT2D eigenvalue weighted by molar-refractivity contribution is -0.137. The molecule has 196 valence electrons. The highest BCUT2D eigenvalue weighted by Crippen LogP contribution is 2.35. The molecule has 1 amide bonds. The molecule has 0 bridgehead atoms. The first kappa shape index (κ1) is 27.1. The number of morpholine rings is 1. The lowest BCUT2D eigenvalue weighted by Crippen LogP contribution is -2.42. The molecule has 2 aliphatic heterocycles. The minimum absolute atomic E-state index is 0.0383. The third kappa shape index (κ3) is 7.11. The molecule has 37 heavy (non-hydrogen) atoms. The van der Waals surface area contributed by atoms with Crippen molar-refractivity contribution in [3.05, 3.63) is 58.5 Å². The lowest BCUT2D eigenvalue weighted by Gasteiger charge is -2.26. The van der Waals surface area contributed by atoms with Gasteiger partial charge in [0.1, 0.15) is 12.4 Å². The topological polar surface area (TPSA) is 91.3 Å². The Morgan fingerprint density at radius 2 is 1.89 bits per heavy atom. The number of rotatable bonds is 10. The van der Waals surface area contributed by atoms with Crippen LogP contribution in [0.5, 0.6) is 5.75 Å². The predicted molar refractivity (Wildman–Crippen MR) is 140 cm³/mol. The molecular weight excluding hydrogens is 524 g/mol. The number of amides is 1. The second-order valence-electron chi connectivity index (χ2n) is 8.25. The molecule has 0 aromatic heterocycles. The molecule has 2 aromatic carbocycles. The number of thioether (sulfide) groups is 1. The van der Waals surface area contributed by atoms with E-state index in [4.69, 9.17) is 26.8 Å². The smallest absolute Gasteiger partial charge is 0.304 e. The average molecular weight is 550 g/mol. The number of carboxylic acids is 1. The zero-order valence-corrected chi connectivity index (χ0v) is 21.4. The molecule has 0 saturated carbocycles. The van der Waals surface area contributed by atoms with Gasteiger partial charge in [-0.1, -0.05) is 36.1 Å². The van der Waals surface area contributed by atoms with Gasteiger partial charge in [-0.25, -0.2) is 19.2 Å². The van der Waals surface area contributed by atoms with Crippen molar-refractivity contribution in [2.24, 2.45) is 0 Å². The van der Waals surface area contributed by atoms with E-state index in [1.165, 1.54) is 6.07 Å². The SMILES string of the molecule is O=C(O)CCNN1C(=O)C(=Cc2cc(-c3ccc(F)c(F)c3)ccc2OCCN2CCOCC2)SC1=S. The van der Waals surface area contributed by atoms with Gasteiger partial charge in [-0.05, 0) is 41.5 Å². The summed E-state index contributed by atoms with van der Waals surface area (Å²) in [4.78, 5) is 26.3. The van der Waals surface area contributed by atoms with Crippen LogP contribution in [0.15, 0.2) is 41.3 Å². The predicted octanol–water partition coefficient (Wildman–Crippen LogP) is 3.52. The van der Waals surface area contributed by atoms with E-state index in [-0.39, 0.29) is 17.3 Å². The van der Waals surface area contributed by atoms with E-state index < -0.39 is 23.5 Å². The Balaban J connectivity index is 1.58. The first-order valence-corrected chi connectivity index (χ1v) is 12.8. The summed E-state index contributed by atoms with van der Waals surface area (Å²) in [6.45, 7) is 4.14. The van der Waals surface area contributed by atoms with Crippen LogP contribution in [0.25, 0.3) is 17.2 Å². The van der Waals surface area contributed by atoms with Gasteiger partial charge in [0.15, 0.2) is 16.0 Å². The van der Waals surface area contributed by atoms with E-state index in [1.807, 2.05) is 0 Å². The fourth-order valence-corrected chi connectivity index (χ4v) is 4.99. The van der Waals surface area contributed by atoms with Crippen LogP contribution in [-0.4, -0.2) is 77.2 Å². The summed E-state index contributed by atoms with van der Waals surface area (Å²) in [6, 6.07) is 8.86. The van der Waals surface area contributed by atoms with Crippen molar-refractivity contribution < 1.29 is 33.0 Å². The second-order valence-corrected chi connectivity index (χ2v) is 9.93. The summed E-state index contributed by atoms with van der Waals surface area (Å²) in [6.07, 6.45) is 1.46. The molecule has 2 saturated heterocycles. The van der Waals surface area contributed by atoms with E-state index in [0.717, 1.165) is 42.0 Å². The maximum absolute atomic E-state index is 13.9. The van der Waals surface area contributed by atoms with Crippen molar-refractivity contribution in [3.8, 4) is 16.9 Å². The molecule has 8 nitrogen and oxygen atoms in total. The maximum Gasteiger partial charge on any atom is 0.304 e. The van der Waals surface area contributed by atoms with E-state index in [2.05, 4.69) is 10.3 Å². The highest BCUT2D eigenvalue weighted by Gasteiger charge is 2.32. The number of nitrogens with zero attached hydrogens (tertiary/aromatic N) is 2. The fourth-order valence-electron chi connectivity index (χ4n) is 3.78. The third-order valence-corrected chi connectivity index (χ3v) is 7.02. The Hall–Kier alpha value is -2.90. The molecule has 0 spiro atoms. The van der Waals surface area contributed by atoms with Crippen LogP contribution in [0.3, 0.4) is 0 Å². The molecule has 4 rings (SSSR count). The summed E-state index contributed by atoms with van der Waals surface area (Å²) >= 11 is 6.36. The number of carbonyl (C=O) groups excluding carboxylic acids is 1. The van der Waals surface area contributed by atoms with E-state index in [0.29, 0.717) is 53.7 Å². The van der Waals surface area contributed by atoms with Crippen molar-refractivity contribution >= 4 is 46.3 Å². The van der Waals surface area contributed by atoms with Gasteiger partial charge in [-0.3, -0.25) is 14.5 Å². The van der Waals surface area contributed by atoms with Gasteiger partial charge in [0, 0.05) is 31.7 Å². The normalized spacial score (nSPS) is 17.6. The van der Waals surface area contributed by atoms with Crippen LogP contribution in [0, 0.1) is 11.6 Å². The summed E-state index contributed by atoms with van der Waals surface area (Å²) < 4.78 is 39.0. The monoisotopic (exact) mass is 549 g/mol. The number of carbonyl (C=O) groups is 2. The third-order valence-electron chi connectivity index (χ3n) is 5.72. The number of thiocarbonyl (C=S) groups is 1. The van der Waals surface area contributed by atoms with Gasteiger partial charge >= 0.3 is 5.97 Å². The molecule has 0 aliphatic carbocycles. The Kier molecular flexibility index (Phi) is 9.22. The molecule has 0 unspecified atom stereocenters. The van der Waals surface area contributed by atoms with Gasteiger partial charge < -0.3 is 14.6 Å². The van der Waals surface area contributed by atoms with E-state index >= 15 is 0 Å². The number of carboxylic acid groups (broad SMARTS) is 1. The number of benzene rings is 2. The van der Waals surface area contributed by atoms with Crippen LogP contribution in [0.2, 0.25) is 0 Å². The number of hydrazine groups is 1. The van der Waals surface area contributed by atoms with E-state index in [9.17, 15) is 18.4 Å². The van der Waals surface area contributed by atoms with Crippen molar-refractivity contribution in [1.82, 2.24) is 15.3 Å². The fraction of sp³-hybridized carbons (Fsp3) is 0.320. The van der Waals surface area contributed by atoms with Gasteiger partial charge in [0.25, 0.3) is 5.91 Å².